The van der Waals surface area contributed by atoms with Gasteiger partial charge in [-0.2, -0.15) is 0 Å². The topological polar surface area (TPSA) is 75.4 Å². The Kier molecular flexibility index (Phi) is 6.76. The van der Waals surface area contributed by atoms with Gasteiger partial charge in [-0.05, 0) is 12.8 Å². The zero-order valence-electron chi connectivity index (χ0n) is 12.2. The molecular formula is C14H23N3O3. The number of aromatic nitrogens is 2. The molecule has 6 heteroatoms. The summed E-state index contributed by atoms with van der Waals surface area (Å²) in [6.07, 6.45) is 7.36. The molecule has 1 heterocycles. The van der Waals surface area contributed by atoms with Crippen LogP contribution in [0.1, 0.15) is 33.1 Å². The third kappa shape index (κ3) is 5.42. The van der Waals surface area contributed by atoms with Gasteiger partial charge in [0.2, 0.25) is 5.91 Å². The molecule has 1 N–H and O–H groups in total. The molecule has 0 aliphatic heterocycles. The average Bonchev–Trinajstić information content (AvgIpc) is 2.90. The van der Waals surface area contributed by atoms with Gasteiger partial charge in [0.05, 0.1) is 12.2 Å². The fraction of sp³-hybridized carbons (Fsp3) is 0.643. The SMILES string of the molecule is CCCC(=O)N(CCCn1ccnc1)CC(C)C(=O)O. The third-order valence-electron chi connectivity index (χ3n) is 3.14. The van der Waals surface area contributed by atoms with Crippen molar-refractivity contribution in [3.63, 3.8) is 0 Å². The maximum Gasteiger partial charge on any atom is 0.308 e. The molecule has 1 unspecified atom stereocenters. The van der Waals surface area contributed by atoms with Crippen LogP contribution >= 0.6 is 0 Å². The Hall–Kier alpha value is -1.85. The molecule has 0 bridgehead atoms. The minimum atomic E-state index is -0.867. The van der Waals surface area contributed by atoms with Gasteiger partial charge in [-0.25, -0.2) is 4.98 Å². The zero-order valence-corrected chi connectivity index (χ0v) is 12.2. The van der Waals surface area contributed by atoms with Crippen LogP contribution in [-0.2, 0) is 16.1 Å². The molecule has 0 radical (unpaired) electrons. The van der Waals surface area contributed by atoms with Crippen LogP contribution in [0.5, 0.6) is 0 Å². The fourth-order valence-corrected chi connectivity index (χ4v) is 1.96. The number of nitrogens with zero attached hydrogens (tertiary/aromatic N) is 3. The van der Waals surface area contributed by atoms with E-state index >= 15 is 0 Å². The number of amides is 1. The first kappa shape index (κ1) is 16.2. The Morgan fingerprint density at radius 3 is 2.75 bits per heavy atom. The largest absolute Gasteiger partial charge is 0.481 e. The van der Waals surface area contributed by atoms with Crippen molar-refractivity contribution in [2.24, 2.45) is 5.92 Å². The summed E-state index contributed by atoms with van der Waals surface area (Å²) in [4.78, 5) is 28.6. The van der Waals surface area contributed by atoms with Gasteiger partial charge in [-0.15, -0.1) is 0 Å². The monoisotopic (exact) mass is 281 g/mol. The maximum absolute atomic E-state index is 12.0. The summed E-state index contributed by atoms with van der Waals surface area (Å²) in [6.45, 7) is 5.21. The first-order valence-corrected chi connectivity index (χ1v) is 7.01. The Balaban J connectivity index is 2.48. The number of imidazole rings is 1. The molecule has 0 fully saturated rings. The van der Waals surface area contributed by atoms with Crippen molar-refractivity contribution in [3.8, 4) is 0 Å². The van der Waals surface area contributed by atoms with Gasteiger partial charge in [-0.3, -0.25) is 9.59 Å². The second-order valence-electron chi connectivity index (χ2n) is 4.98. The van der Waals surface area contributed by atoms with Crippen LogP contribution in [0.4, 0.5) is 0 Å². The summed E-state index contributed by atoms with van der Waals surface area (Å²) < 4.78 is 1.95. The van der Waals surface area contributed by atoms with E-state index in [1.807, 2.05) is 17.7 Å². The van der Waals surface area contributed by atoms with E-state index in [-0.39, 0.29) is 12.5 Å². The molecule has 1 atom stereocenters. The minimum Gasteiger partial charge on any atom is -0.481 e. The van der Waals surface area contributed by atoms with Crippen LogP contribution in [-0.4, -0.2) is 44.5 Å². The lowest BCUT2D eigenvalue weighted by Crippen LogP contribution is -2.37. The van der Waals surface area contributed by atoms with Crippen LogP contribution in [0.2, 0.25) is 0 Å². The van der Waals surface area contributed by atoms with Crippen molar-refractivity contribution >= 4 is 11.9 Å². The van der Waals surface area contributed by atoms with Crippen molar-refractivity contribution in [2.75, 3.05) is 13.1 Å². The van der Waals surface area contributed by atoms with Crippen molar-refractivity contribution in [1.82, 2.24) is 14.5 Å². The molecule has 0 aromatic carbocycles. The number of aliphatic carboxylic acids is 1. The van der Waals surface area contributed by atoms with Crippen molar-refractivity contribution in [3.05, 3.63) is 18.7 Å². The van der Waals surface area contributed by atoms with Crippen molar-refractivity contribution in [2.45, 2.75) is 39.7 Å². The van der Waals surface area contributed by atoms with E-state index in [0.29, 0.717) is 13.0 Å². The van der Waals surface area contributed by atoms with Crippen LogP contribution in [0.3, 0.4) is 0 Å². The lowest BCUT2D eigenvalue weighted by Gasteiger charge is -2.24. The van der Waals surface area contributed by atoms with E-state index in [9.17, 15) is 9.59 Å². The van der Waals surface area contributed by atoms with Crippen molar-refractivity contribution < 1.29 is 14.7 Å². The lowest BCUT2D eigenvalue weighted by molar-refractivity contribution is -0.143. The highest BCUT2D eigenvalue weighted by molar-refractivity contribution is 5.77. The molecule has 0 aliphatic rings. The molecule has 1 aromatic heterocycles. The smallest absolute Gasteiger partial charge is 0.308 e. The summed E-state index contributed by atoms with van der Waals surface area (Å²) in [7, 11) is 0. The molecule has 1 aromatic rings. The van der Waals surface area contributed by atoms with E-state index in [1.165, 1.54) is 0 Å². The highest BCUT2D eigenvalue weighted by atomic mass is 16.4. The Morgan fingerprint density at radius 2 is 2.20 bits per heavy atom. The van der Waals surface area contributed by atoms with E-state index in [0.717, 1.165) is 19.4 Å². The Bertz CT molecular complexity index is 417. The maximum atomic E-state index is 12.0. The number of hydrogen-bond acceptors (Lipinski definition) is 3. The highest BCUT2D eigenvalue weighted by Gasteiger charge is 2.19. The van der Waals surface area contributed by atoms with Crippen molar-refractivity contribution in [1.29, 1.82) is 0 Å². The molecular weight excluding hydrogens is 258 g/mol. The average molecular weight is 281 g/mol. The lowest BCUT2D eigenvalue weighted by atomic mass is 10.1. The van der Waals surface area contributed by atoms with Gasteiger partial charge in [0, 0.05) is 38.4 Å². The van der Waals surface area contributed by atoms with Gasteiger partial charge in [0.1, 0.15) is 0 Å². The second-order valence-corrected chi connectivity index (χ2v) is 4.98. The first-order valence-electron chi connectivity index (χ1n) is 7.01. The van der Waals surface area contributed by atoms with Gasteiger partial charge in [-0.1, -0.05) is 13.8 Å². The van der Waals surface area contributed by atoms with Gasteiger partial charge in [0.25, 0.3) is 0 Å². The molecule has 112 valence electrons. The van der Waals surface area contributed by atoms with E-state index < -0.39 is 11.9 Å². The molecule has 20 heavy (non-hydrogen) atoms. The van der Waals surface area contributed by atoms with E-state index in [1.54, 1.807) is 24.3 Å². The van der Waals surface area contributed by atoms with Gasteiger partial charge < -0.3 is 14.6 Å². The second kappa shape index (κ2) is 8.35. The number of carbonyl (C=O) groups excluding carboxylic acids is 1. The summed E-state index contributed by atoms with van der Waals surface area (Å²) in [5, 5.41) is 8.97. The van der Waals surface area contributed by atoms with E-state index in [2.05, 4.69) is 4.98 Å². The zero-order chi connectivity index (χ0) is 15.0. The Morgan fingerprint density at radius 1 is 1.45 bits per heavy atom. The third-order valence-corrected chi connectivity index (χ3v) is 3.14. The predicted molar refractivity (Wildman–Crippen MR) is 75.1 cm³/mol. The summed E-state index contributed by atoms with van der Waals surface area (Å²) in [5.41, 5.74) is 0. The summed E-state index contributed by atoms with van der Waals surface area (Å²) in [6, 6.07) is 0. The number of carbonyl (C=O) groups is 2. The standard InChI is InChI=1S/C14H23N3O3/c1-3-5-13(18)17(10-12(2)14(19)20)8-4-7-16-9-6-15-11-16/h6,9,11-12H,3-5,7-8,10H2,1-2H3,(H,19,20). The summed E-state index contributed by atoms with van der Waals surface area (Å²) in [5.74, 6) is -1.37. The minimum absolute atomic E-state index is 0.0335. The first-order chi connectivity index (χ1) is 9.54. The number of hydrogen-bond donors (Lipinski definition) is 1. The molecule has 1 rings (SSSR count). The summed E-state index contributed by atoms with van der Waals surface area (Å²) >= 11 is 0. The van der Waals surface area contributed by atoms with Crippen LogP contribution in [0, 0.1) is 5.92 Å². The highest BCUT2D eigenvalue weighted by Crippen LogP contribution is 2.06. The fourth-order valence-electron chi connectivity index (χ4n) is 1.96. The normalized spacial score (nSPS) is 12.1. The van der Waals surface area contributed by atoms with Crippen LogP contribution in [0.15, 0.2) is 18.7 Å². The van der Waals surface area contributed by atoms with Gasteiger partial charge >= 0.3 is 5.97 Å². The van der Waals surface area contributed by atoms with Gasteiger partial charge in [0.15, 0.2) is 0 Å². The predicted octanol–water partition coefficient (Wildman–Crippen LogP) is 1.62. The number of aryl methyl sites for hydroxylation is 1. The van der Waals surface area contributed by atoms with Crippen LogP contribution < -0.4 is 0 Å². The van der Waals surface area contributed by atoms with E-state index in [4.69, 9.17) is 5.11 Å². The molecule has 1 amide bonds. The molecule has 0 saturated heterocycles. The quantitative estimate of drug-likeness (QED) is 0.746. The molecule has 0 aliphatic carbocycles. The number of carboxylic acid groups (broad SMARTS) is 1. The number of rotatable bonds is 9. The van der Waals surface area contributed by atoms with Crippen LogP contribution in [0.25, 0.3) is 0 Å². The Labute approximate surface area is 119 Å². The molecule has 0 spiro atoms. The molecule has 0 saturated carbocycles. The molecule has 6 nitrogen and oxygen atoms in total. The number of carboxylic acids is 1.